The molecule has 1 N–H and O–H groups in total. The van der Waals surface area contributed by atoms with Crippen molar-refractivity contribution in [3.05, 3.63) is 12.7 Å². The second kappa shape index (κ2) is 9.22. The van der Waals surface area contributed by atoms with E-state index in [-0.39, 0.29) is 0 Å². The molecule has 0 saturated heterocycles. The lowest BCUT2D eigenvalue weighted by atomic mass is 10.0. The van der Waals surface area contributed by atoms with Gasteiger partial charge in [-0.3, -0.25) is 0 Å². The average Bonchev–Trinajstić information content (AvgIpc) is 2.22. The van der Waals surface area contributed by atoms with Crippen molar-refractivity contribution in [2.24, 2.45) is 0 Å². The van der Waals surface area contributed by atoms with Crippen LogP contribution in [0.25, 0.3) is 0 Å². The molecular formula is C12H25NO. The Labute approximate surface area is 88.7 Å². The smallest absolute Gasteiger partial charge is 0.0696 e. The molecule has 2 nitrogen and oxygen atoms in total. The van der Waals surface area contributed by atoms with E-state index in [1.807, 2.05) is 13.1 Å². The minimum absolute atomic E-state index is 0.305. The monoisotopic (exact) mass is 199 g/mol. The van der Waals surface area contributed by atoms with Crippen molar-refractivity contribution in [1.29, 1.82) is 0 Å². The van der Waals surface area contributed by atoms with Crippen molar-refractivity contribution in [3.8, 4) is 0 Å². The molecule has 0 bridgehead atoms. The highest BCUT2D eigenvalue weighted by Gasteiger charge is 2.13. The Kier molecular flexibility index (Phi) is 9.00. The fourth-order valence-electron chi connectivity index (χ4n) is 1.61. The van der Waals surface area contributed by atoms with Crippen molar-refractivity contribution in [2.75, 3.05) is 14.2 Å². The topological polar surface area (TPSA) is 21.3 Å². The normalized spacial score (nSPS) is 15.1. The summed E-state index contributed by atoms with van der Waals surface area (Å²) in [6.07, 6.45) is 8.47. The predicted octanol–water partition coefficient (Wildman–Crippen LogP) is 2.75. The molecule has 0 heterocycles. The fraction of sp³-hybridized carbons (Fsp3) is 0.833. The van der Waals surface area contributed by atoms with Gasteiger partial charge in [-0.05, 0) is 33.2 Å². The van der Waals surface area contributed by atoms with Crippen molar-refractivity contribution >= 4 is 0 Å². The summed E-state index contributed by atoms with van der Waals surface area (Å²) in [5, 5.41) is 3.30. The molecule has 2 heteroatoms. The van der Waals surface area contributed by atoms with Gasteiger partial charge in [0, 0.05) is 13.2 Å². The molecule has 0 fully saturated rings. The zero-order chi connectivity index (χ0) is 10.8. The van der Waals surface area contributed by atoms with Gasteiger partial charge in [0.1, 0.15) is 0 Å². The third kappa shape index (κ3) is 6.17. The Morgan fingerprint density at radius 1 is 1.36 bits per heavy atom. The largest absolute Gasteiger partial charge is 0.380 e. The SMILES string of the molecule is C=CCCCCCC(NC)C(C)OC. The Morgan fingerprint density at radius 2 is 2.07 bits per heavy atom. The summed E-state index contributed by atoms with van der Waals surface area (Å²) < 4.78 is 5.30. The highest BCUT2D eigenvalue weighted by molar-refractivity contribution is 4.72. The van der Waals surface area contributed by atoms with Gasteiger partial charge in [-0.2, -0.15) is 0 Å². The Hall–Kier alpha value is -0.340. The molecule has 0 aromatic carbocycles. The van der Waals surface area contributed by atoms with Crippen molar-refractivity contribution in [3.63, 3.8) is 0 Å². The minimum atomic E-state index is 0.305. The number of ether oxygens (including phenoxy) is 1. The fourth-order valence-corrected chi connectivity index (χ4v) is 1.61. The van der Waals surface area contributed by atoms with Crippen LogP contribution in [0.4, 0.5) is 0 Å². The molecular weight excluding hydrogens is 174 g/mol. The van der Waals surface area contributed by atoms with Gasteiger partial charge in [0.15, 0.2) is 0 Å². The number of rotatable bonds is 9. The number of nitrogens with one attached hydrogen (secondary N) is 1. The number of hydrogen-bond acceptors (Lipinski definition) is 2. The summed E-state index contributed by atoms with van der Waals surface area (Å²) in [7, 11) is 3.77. The number of methoxy groups -OCH3 is 1. The predicted molar refractivity (Wildman–Crippen MR) is 62.6 cm³/mol. The Balaban J connectivity index is 3.47. The zero-order valence-electron chi connectivity index (χ0n) is 9.88. The molecule has 0 aromatic rings. The maximum atomic E-state index is 5.30. The Morgan fingerprint density at radius 3 is 2.57 bits per heavy atom. The van der Waals surface area contributed by atoms with Gasteiger partial charge in [-0.1, -0.05) is 18.9 Å². The first kappa shape index (κ1) is 13.7. The van der Waals surface area contributed by atoms with Crippen LogP contribution in [0, 0.1) is 0 Å². The lowest BCUT2D eigenvalue weighted by Crippen LogP contribution is -2.36. The summed E-state index contributed by atoms with van der Waals surface area (Å²) in [4.78, 5) is 0. The summed E-state index contributed by atoms with van der Waals surface area (Å²) in [6, 6.07) is 0.490. The van der Waals surface area contributed by atoms with Crippen LogP contribution in [0.1, 0.15) is 39.0 Å². The zero-order valence-corrected chi connectivity index (χ0v) is 9.88. The molecule has 0 spiro atoms. The molecule has 14 heavy (non-hydrogen) atoms. The van der Waals surface area contributed by atoms with Gasteiger partial charge in [-0.15, -0.1) is 6.58 Å². The van der Waals surface area contributed by atoms with Crippen LogP contribution in [-0.2, 0) is 4.74 Å². The lowest BCUT2D eigenvalue weighted by Gasteiger charge is -2.22. The molecule has 84 valence electrons. The minimum Gasteiger partial charge on any atom is -0.380 e. The van der Waals surface area contributed by atoms with E-state index in [2.05, 4.69) is 18.8 Å². The van der Waals surface area contributed by atoms with Gasteiger partial charge in [0.2, 0.25) is 0 Å². The number of hydrogen-bond donors (Lipinski definition) is 1. The van der Waals surface area contributed by atoms with Crippen LogP contribution in [0.2, 0.25) is 0 Å². The summed E-state index contributed by atoms with van der Waals surface area (Å²) in [6.45, 7) is 5.83. The van der Waals surface area contributed by atoms with Crippen LogP contribution >= 0.6 is 0 Å². The Bertz CT molecular complexity index is 136. The molecule has 0 aromatic heterocycles. The number of allylic oxidation sites excluding steroid dienone is 1. The van der Waals surface area contributed by atoms with Crippen molar-refractivity contribution in [2.45, 2.75) is 51.2 Å². The van der Waals surface area contributed by atoms with Crippen LogP contribution in [0.15, 0.2) is 12.7 Å². The van der Waals surface area contributed by atoms with E-state index in [4.69, 9.17) is 4.74 Å². The first-order valence-electron chi connectivity index (χ1n) is 5.57. The van der Waals surface area contributed by atoms with Gasteiger partial charge >= 0.3 is 0 Å². The van der Waals surface area contributed by atoms with Crippen LogP contribution in [-0.4, -0.2) is 26.3 Å². The molecule has 0 radical (unpaired) electrons. The first-order chi connectivity index (χ1) is 6.76. The maximum Gasteiger partial charge on any atom is 0.0696 e. The van der Waals surface area contributed by atoms with E-state index < -0.39 is 0 Å². The lowest BCUT2D eigenvalue weighted by molar-refractivity contribution is 0.0818. The molecule has 0 saturated carbocycles. The molecule has 0 aliphatic carbocycles. The highest BCUT2D eigenvalue weighted by Crippen LogP contribution is 2.09. The molecule has 0 aliphatic rings. The third-order valence-electron chi connectivity index (χ3n) is 2.73. The first-order valence-corrected chi connectivity index (χ1v) is 5.57. The van der Waals surface area contributed by atoms with Gasteiger partial charge in [-0.25, -0.2) is 0 Å². The molecule has 2 atom stereocenters. The van der Waals surface area contributed by atoms with E-state index in [0.29, 0.717) is 12.1 Å². The maximum absolute atomic E-state index is 5.30. The van der Waals surface area contributed by atoms with E-state index in [9.17, 15) is 0 Å². The van der Waals surface area contributed by atoms with Crippen molar-refractivity contribution in [1.82, 2.24) is 5.32 Å². The van der Waals surface area contributed by atoms with E-state index in [1.54, 1.807) is 7.11 Å². The van der Waals surface area contributed by atoms with Crippen LogP contribution < -0.4 is 5.32 Å². The summed E-state index contributed by atoms with van der Waals surface area (Å²) in [5.74, 6) is 0. The summed E-state index contributed by atoms with van der Waals surface area (Å²) >= 11 is 0. The second-order valence-electron chi connectivity index (χ2n) is 3.76. The van der Waals surface area contributed by atoms with Gasteiger partial charge in [0.25, 0.3) is 0 Å². The van der Waals surface area contributed by atoms with Crippen LogP contribution in [0.5, 0.6) is 0 Å². The van der Waals surface area contributed by atoms with E-state index in [1.165, 1.54) is 25.7 Å². The van der Waals surface area contributed by atoms with Crippen LogP contribution in [0.3, 0.4) is 0 Å². The van der Waals surface area contributed by atoms with E-state index in [0.717, 1.165) is 6.42 Å². The standard InChI is InChI=1S/C12H25NO/c1-5-6-7-8-9-10-12(13-3)11(2)14-4/h5,11-13H,1,6-10H2,2-4H3. The van der Waals surface area contributed by atoms with Gasteiger partial charge < -0.3 is 10.1 Å². The molecule has 2 unspecified atom stereocenters. The second-order valence-corrected chi connectivity index (χ2v) is 3.76. The van der Waals surface area contributed by atoms with E-state index >= 15 is 0 Å². The van der Waals surface area contributed by atoms with Gasteiger partial charge in [0.05, 0.1) is 6.10 Å². The quantitative estimate of drug-likeness (QED) is 0.455. The molecule has 0 amide bonds. The number of unbranched alkanes of at least 4 members (excludes halogenated alkanes) is 3. The van der Waals surface area contributed by atoms with Crippen molar-refractivity contribution < 1.29 is 4.74 Å². The highest BCUT2D eigenvalue weighted by atomic mass is 16.5. The summed E-state index contributed by atoms with van der Waals surface area (Å²) in [5.41, 5.74) is 0. The molecule has 0 aliphatic heterocycles. The third-order valence-corrected chi connectivity index (χ3v) is 2.73. The average molecular weight is 199 g/mol. The molecule has 0 rings (SSSR count). The number of likely N-dealkylation sites (N-methyl/N-ethyl adjacent to an activating group) is 1.